The van der Waals surface area contributed by atoms with E-state index in [0.29, 0.717) is 22.3 Å². The molecular formula is C32H18Cl2F3N3O5S. The normalized spacial score (nSPS) is 14.7. The zero-order valence-electron chi connectivity index (χ0n) is 23.2. The molecule has 0 bridgehead atoms. The average Bonchev–Trinajstić information content (AvgIpc) is 3.31. The fraction of sp³-hybridized carbons (Fsp3) is 0.125. The zero-order chi connectivity index (χ0) is 33.2. The van der Waals surface area contributed by atoms with Crippen molar-refractivity contribution in [2.45, 2.75) is 22.9 Å². The second kappa shape index (κ2) is 13.3. The lowest BCUT2D eigenvalue weighted by molar-refractivity contribution is -0.138. The van der Waals surface area contributed by atoms with Gasteiger partial charge in [-0.05, 0) is 48.5 Å². The van der Waals surface area contributed by atoms with Gasteiger partial charge in [0.15, 0.2) is 6.61 Å². The van der Waals surface area contributed by atoms with Crippen LogP contribution in [0.4, 0.5) is 18.9 Å². The molecule has 1 aliphatic heterocycles. The largest absolute Gasteiger partial charge is 0.454 e. The Hall–Kier alpha value is -4.70. The van der Waals surface area contributed by atoms with Gasteiger partial charge in [0.05, 0.1) is 38.3 Å². The highest BCUT2D eigenvalue weighted by molar-refractivity contribution is 8.00. The Morgan fingerprint density at radius 1 is 1.02 bits per heavy atom. The van der Waals surface area contributed by atoms with Gasteiger partial charge in [-0.25, -0.2) is 14.7 Å². The molecule has 1 saturated heterocycles. The summed E-state index contributed by atoms with van der Waals surface area (Å²) in [6.45, 7) is -0.607. The maximum Gasteiger partial charge on any atom is 0.417 e. The summed E-state index contributed by atoms with van der Waals surface area (Å²) >= 11 is 12.4. The van der Waals surface area contributed by atoms with E-state index in [4.69, 9.17) is 27.9 Å². The highest BCUT2D eigenvalue weighted by atomic mass is 35.5. The number of carbonyl (C=O) groups excluding carboxylic acids is 4. The van der Waals surface area contributed by atoms with E-state index in [1.54, 1.807) is 36.4 Å². The number of thioether (sulfide) groups is 1. The van der Waals surface area contributed by atoms with E-state index in [0.717, 1.165) is 11.0 Å². The van der Waals surface area contributed by atoms with Crippen molar-refractivity contribution in [2.24, 2.45) is 0 Å². The lowest BCUT2D eigenvalue weighted by Gasteiger charge is -2.17. The molecule has 1 fully saturated rings. The predicted molar refractivity (Wildman–Crippen MR) is 164 cm³/mol. The van der Waals surface area contributed by atoms with Crippen molar-refractivity contribution in [1.82, 2.24) is 4.98 Å². The van der Waals surface area contributed by atoms with E-state index < -0.39 is 52.7 Å². The number of Topliss-reactive ketones (excluding diaryl/α,β-unsaturated/α-hetero) is 1. The molecule has 232 valence electrons. The minimum Gasteiger partial charge on any atom is -0.454 e. The number of amides is 2. The van der Waals surface area contributed by atoms with Gasteiger partial charge in [0.25, 0.3) is 0 Å². The van der Waals surface area contributed by atoms with Crippen molar-refractivity contribution >= 4 is 64.2 Å². The van der Waals surface area contributed by atoms with Crippen LogP contribution in [0.3, 0.4) is 0 Å². The van der Waals surface area contributed by atoms with E-state index in [1.807, 2.05) is 0 Å². The van der Waals surface area contributed by atoms with Gasteiger partial charge < -0.3 is 4.74 Å². The highest BCUT2D eigenvalue weighted by Gasteiger charge is 2.42. The van der Waals surface area contributed by atoms with Crippen LogP contribution in [0.1, 0.15) is 38.3 Å². The van der Waals surface area contributed by atoms with E-state index in [9.17, 15) is 37.6 Å². The number of nitrogens with zero attached hydrogens (tertiary/aromatic N) is 3. The number of ketones is 1. The third-order valence-electron chi connectivity index (χ3n) is 6.76. The number of ether oxygens (including phenoxy) is 1. The molecular weight excluding hydrogens is 666 g/mol. The quantitative estimate of drug-likeness (QED) is 0.107. The summed E-state index contributed by atoms with van der Waals surface area (Å²) in [5.74, 6) is -2.79. The van der Waals surface area contributed by atoms with E-state index in [1.165, 1.54) is 42.5 Å². The van der Waals surface area contributed by atoms with E-state index in [2.05, 4.69) is 4.98 Å². The van der Waals surface area contributed by atoms with Crippen molar-refractivity contribution in [2.75, 3.05) is 11.5 Å². The van der Waals surface area contributed by atoms with Crippen LogP contribution in [-0.4, -0.2) is 40.4 Å². The molecule has 2 heterocycles. The molecule has 46 heavy (non-hydrogen) atoms. The number of halogens is 5. The molecule has 8 nitrogen and oxygen atoms in total. The van der Waals surface area contributed by atoms with Gasteiger partial charge in [-0.1, -0.05) is 65.3 Å². The zero-order valence-corrected chi connectivity index (χ0v) is 25.5. The Labute approximate surface area is 273 Å². The Kier molecular flexibility index (Phi) is 9.48. The summed E-state index contributed by atoms with van der Waals surface area (Å²) in [5.41, 5.74) is -1.41. The van der Waals surface area contributed by atoms with Crippen LogP contribution in [0.2, 0.25) is 10.0 Å². The number of rotatable bonds is 8. The highest BCUT2D eigenvalue weighted by Crippen LogP contribution is 2.41. The third-order valence-corrected chi connectivity index (χ3v) is 8.48. The first-order valence-corrected chi connectivity index (χ1v) is 14.9. The number of aromatic nitrogens is 1. The van der Waals surface area contributed by atoms with Crippen LogP contribution in [0.15, 0.2) is 83.9 Å². The number of hydrogen-bond donors (Lipinski definition) is 0. The first-order valence-electron chi connectivity index (χ1n) is 13.2. The maximum absolute atomic E-state index is 14.0. The molecule has 4 aromatic rings. The van der Waals surface area contributed by atoms with Crippen molar-refractivity contribution in [1.29, 1.82) is 5.26 Å². The molecule has 0 aliphatic carbocycles. The first kappa shape index (κ1) is 32.7. The van der Waals surface area contributed by atoms with E-state index in [-0.39, 0.29) is 39.0 Å². The Morgan fingerprint density at radius 3 is 2.35 bits per heavy atom. The van der Waals surface area contributed by atoms with Crippen molar-refractivity contribution in [3.63, 3.8) is 0 Å². The number of carbonyl (C=O) groups is 4. The lowest BCUT2D eigenvalue weighted by Crippen LogP contribution is -2.31. The van der Waals surface area contributed by atoms with Crippen LogP contribution >= 0.6 is 35.0 Å². The van der Waals surface area contributed by atoms with Crippen LogP contribution in [0, 0.1) is 11.3 Å². The third kappa shape index (κ3) is 6.92. The van der Waals surface area contributed by atoms with Crippen LogP contribution in [0.25, 0.3) is 11.3 Å². The number of anilines is 1. The number of nitriles is 1. The summed E-state index contributed by atoms with van der Waals surface area (Å²) in [6, 6.07) is 19.8. The average molecular weight is 684 g/mol. The molecule has 0 spiro atoms. The number of hydrogen-bond acceptors (Lipinski definition) is 8. The monoisotopic (exact) mass is 683 g/mol. The molecule has 1 atom stereocenters. The summed E-state index contributed by atoms with van der Waals surface area (Å²) in [5, 5.41) is 8.55. The minimum atomic E-state index is -4.88. The molecule has 0 radical (unpaired) electrons. The number of benzene rings is 3. The standard InChI is InChI=1S/C32H18Cl2F3N3O5S/c33-19-8-11-21(24(34)12-19)26(41)16-45-31(44)18-6-9-20(10-7-18)40-28(42)14-27(30(40)43)46-29-22(15-38)23(32(35,36)37)13-25(39-29)17-4-2-1-3-5-17/h1-13,27H,14,16H2. The fourth-order valence-electron chi connectivity index (χ4n) is 4.55. The molecule has 0 saturated carbocycles. The van der Waals surface area contributed by atoms with Gasteiger partial charge in [0.2, 0.25) is 17.6 Å². The van der Waals surface area contributed by atoms with Gasteiger partial charge in [-0.3, -0.25) is 14.4 Å². The minimum absolute atomic E-state index is 0.0176. The second-order valence-corrected chi connectivity index (χ2v) is 11.8. The van der Waals surface area contributed by atoms with E-state index >= 15 is 0 Å². The molecule has 0 N–H and O–H groups in total. The van der Waals surface area contributed by atoms with Crippen LogP contribution in [0.5, 0.6) is 0 Å². The predicted octanol–water partition coefficient (Wildman–Crippen LogP) is 7.41. The first-order chi connectivity index (χ1) is 21.9. The van der Waals surface area contributed by atoms with Crippen molar-refractivity contribution < 1.29 is 37.1 Å². The molecule has 3 aromatic carbocycles. The molecule has 2 amide bonds. The van der Waals surface area contributed by atoms with Crippen molar-refractivity contribution in [3.05, 3.63) is 111 Å². The smallest absolute Gasteiger partial charge is 0.417 e. The fourth-order valence-corrected chi connectivity index (χ4v) is 6.19. The van der Waals surface area contributed by atoms with Crippen LogP contribution in [-0.2, 0) is 20.5 Å². The summed E-state index contributed by atoms with van der Waals surface area (Å²) in [4.78, 5) is 56.3. The van der Waals surface area contributed by atoms with Gasteiger partial charge >= 0.3 is 12.1 Å². The van der Waals surface area contributed by atoms with Crippen molar-refractivity contribution in [3.8, 4) is 17.3 Å². The van der Waals surface area contributed by atoms with Gasteiger partial charge in [0, 0.05) is 22.6 Å². The SMILES string of the molecule is N#Cc1c(C(F)(F)F)cc(-c2ccccc2)nc1SC1CC(=O)N(c2ccc(C(=O)OCC(=O)c3ccc(Cl)cc3Cl)cc2)C1=O. The summed E-state index contributed by atoms with van der Waals surface area (Å²) in [7, 11) is 0. The number of alkyl halides is 3. The molecule has 1 unspecified atom stereocenters. The number of esters is 1. The number of pyridine rings is 1. The van der Waals surface area contributed by atoms with Gasteiger partial charge in [-0.15, -0.1) is 0 Å². The number of imide groups is 1. The Bertz CT molecular complexity index is 1920. The Balaban J connectivity index is 1.32. The Morgan fingerprint density at radius 2 is 1.72 bits per heavy atom. The second-order valence-electron chi connectivity index (χ2n) is 9.76. The topological polar surface area (TPSA) is 117 Å². The lowest BCUT2D eigenvalue weighted by atomic mass is 10.1. The molecule has 1 aromatic heterocycles. The van der Waals surface area contributed by atoms with Gasteiger partial charge in [-0.2, -0.15) is 18.4 Å². The molecule has 1 aliphatic rings. The molecule has 14 heteroatoms. The van der Waals surface area contributed by atoms with Gasteiger partial charge in [0.1, 0.15) is 11.1 Å². The van der Waals surface area contributed by atoms with Crippen LogP contribution < -0.4 is 4.90 Å². The maximum atomic E-state index is 14.0. The molecule has 5 rings (SSSR count). The summed E-state index contributed by atoms with van der Waals surface area (Å²) < 4.78 is 46.9. The summed E-state index contributed by atoms with van der Waals surface area (Å²) in [6.07, 6.45) is -5.25.